The molecule has 0 aliphatic carbocycles. The fourth-order valence-corrected chi connectivity index (χ4v) is 5.08. The molecule has 0 amide bonds. The van der Waals surface area contributed by atoms with E-state index >= 15 is 0 Å². The minimum atomic E-state index is -3.04. The van der Waals surface area contributed by atoms with Gasteiger partial charge < -0.3 is 10.6 Å². The Labute approximate surface area is 168 Å². The molecule has 0 radical (unpaired) electrons. The molecule has 6 nitrogen and oxygen atoms in total. The van der Waals surface area contributed by atoms with Crippen molar-refractivity contribution in [2.24, 2.45) is 10.9 Å². The zero-order chi connectivity index (χ0) is 16.7. The summed E-state index contributed by atoms with van der Waals surface area (Å²) in [7, 11) is -3.04. The molecule has 0 spiro atoms. The standard InChI is InChI=1S/C15H30N4O2S2.HI/c1-3-16-15(18-12-14-5-4-10-22-14)17-11-13-6-8-19(9-7-13)23(2,20)21;/h13-14H,3-12H2,1-2H3,(H2,16,17,18);1H. The smallest absolute Gasteiger partial charge is 0.211 e. The molecule has 142 valence electrons. The summed E-state index contributed by atoms with van der Waals surface area (Å²) in [6, 6.07) is 0. The number of aliphatic imine (C=N–C) groups is 1. The van der Waals surface area contributed by atoms with Gasteiger partial charge in [0.05, 0.1) is 6.26 Å². The van der Waals surface area contributed by atoms with Gasteiger partial charge in [-0.25, -0.2) is 12.7 Å². The van der Waals surface area contributed by atoms with Crippen molar-refractivity contribution in [2.75, 3.05) is 44.7 Å². The number of nitrogens with zero attached hydrogens (tertiary/aromatic N) is 2. The SMILES string of the molecule is CCNC(=NCC1CCN(S(C)(=O)=O)CC1)NCC1CCCS1.I. The van der Waals surface area contributed by atoms with Gasteiger partial charge in [0.25, 0.3) is 0 Å². The number of guanidine groups is 1. The van der Waals surface area contributed by atoms with Crippen molar-refractivity contribution in [3.05, 3.63) is 0 Å². The highest BCUT2D eigenvalue weighted by atomic mass is 127. The van der Waals surface area contributed by atoms with E-state index in [-0.39, 0.29) is 24.0 Å². The topological polar surface area (TPSA) is 73.8 Å². The predicted molar refractivity (Wildman–Crippen MR) is 114 cm³/mol. The molecule has 0 bridgehead atoms. The first-order valence-corrected chi connectivity index (χ1v) is 11.5. The van der Waals surface area contributed by atoms with Gasteiger partial charge in [-0.15, -0.1) is 24.0 Å². The van der Waals surface area contributed by atoms with E-state index in [1.165, 1.54) is 24.9 Å². The Kier molecular flexibility index (Phi) is 10.3. The Hall–Kier alpha value is 0.260. The second-order valence-corrected chi connectivity index (χ2v) is 9.73. The van der Waals surface area contributed by atoms with Crippen molar-refractivity contribution < 1.29 is 8.42 Å². The van der Waals surface area contributed by atoms with Gasteiger partial charge in [0.2, 0.25) is 10.0 Å². The minimum Gasteiger partial charge on any atom is -0.357 e. The lowest BCUT2D eigenvalue weighted by atomic mass is 9.98. The Bertz CT molecular complexity index is 488. The highest BCUT2D eigenvalue weighted by Crippen LogP contribution is 2.25. The Balaban J connectivity index is 0.00000288. The number of rotatable bonds is 6. The average Bonchev–Trinajstić information content (AvgIpc) is 3.03. The molecule has 2 rings (SSSR count). The van der Waals surface area contributed by atoms with E-state index in [2.05, 4.69) is 17.6 Å². The van der Waals surface area contributed by atoms with Crippen LogP contribution in [0.5, 0.6) is 0 Å². The highest BCUT2D eigenvalue weighted by Gasteiger charge is 2.24. The van der Waals surface area contributed by atoms with Crippen LogP contribution in [0.4, 0.5) is 0 Å². The van der Waals surface area contributed by atoms with E-state index in [1.807, 2.05) is 11.8 Å². The van der Waals surface area contributed by atoms with Crippen molar-refractivity contribution in [2.45, 2.75) is 37.9 Å². The first kappa shape index (κ1) is 22.3. The van der Waals surface area contributed by atoms with Crippen molar-refractivity contribution in [3.8, 4) is 0 Å². The van der Waals surface area contributed by atoms with Gasteiger partial charge in [-0.2, -0.15) is 11.8 Å². The summed E-state index contributed by atoms with van der Waals surface area (Å²) >= 11 is 2.04. The van der Waals surface area contributed by atoms with Gasteiger partial charge in [0, 0.05) is 38.0 Å². The van der Waals surface area contributed by atoms with Crippen molar-refractivity contribution in [1.82, 2.24) is 14.9 Å². The fraction of sp³-hybridized carbons (Fsp3) is 0.933. The molecule has 24 heavy (non-hydrogen) atoms. The first-order chi connectivity index (χ1) is 11.0. The van der Waals surface area contributed by atoms with Crippen LogP contribution in [0.3, 0.4) is 0 Å². The maximum absolute atomic E-state index is 11.5. The third-order valence-corrected chi connectivity index (χ3v) is 7.12. The van der Waals surface area contributed by atoms with E-state index in [4.69, 9.17) is 4.99 Å². The summed E-state index contributed by atoms with van der Waals surface area (Å²) in [4.78, 5) is 4.70. The van der Waals surface area contributed by atoms with Crippen molar-refractivity contribution in [1.29, 1.82) is 0 Å². The maximum atomic E-state index is 11.5. The Morgan fingerprint density at radius 1 is 1.25 bits per heavy atom. The summed E-state index contributed by atoms with van der Waals surface area (Å²) in [6.45, 7) is 5.93. The summed E-state index contributed by atoms with van der Waals surface area (Å²) < 4.78 is 24.6. The van der Waals surface area contributed by atoms with Crippen LogP contribution in [-0.4, -0.2) is 68.7 Å². The van der Waals surface area contributed by atoms with Crippen LogP contribution in [0.25, 0.3) is 0 Å². The first-order valence-electron chi connectivity index (χ1n) is 8.58. The van der Waals surface area contributed by atoms with Crippen LogP contribution in [0.1, 0.15) is 32.6 Å². The van der Waals surface area contributed by atoms with E-state index in [1.54, 1.807) is 4.31 Å². The largest absolute Gasteiger partial charge is 0.357 e. The molecular weight excluding hydrogens is 459 g/mol. The third-order valence-electron chi connectivity index (χ3n) is 4.42. The number of hydrogen-bond acceptors (Lipinski definition) is 4. The molecule has 1 unspecified atom stereocenters. The third kappa shape index (κ3) is 7.65. The van der Waals surface area contributed by atoms with E-state index < -0.39 is 10.0 Å². The van der Waals surface area contributed by atoms with Crippen molar-refractivity contribution in [3.63, 3.8) is 0 Å². The molecule has 2 aliphatic heterocycles. The quantitative estimate of drug-likeness (QED) is 0.337. The zero-order valence-corrected chi connectivity index (χ0v) is 18.6. The van der Waals surface area contributed by atoms with Gasteiger partial charge in [0.1, 0.15) is 0 Å². The second kappa shape index (κ2) is 11.1. The zero-order valence-electron chi connectivity index (χ0n) is 14.7. The van der Waals surface area contributed by atoms with Gasteiger partial charge in [-0.05, 0) is 44.3 Å². The van der Waals surface area contributed by atoms with Crippen LogP contribution in [-0.2, 0) is 10.0 Å². The molecule has 2 fully saturated rings. The van der Waals surface area contributed by atoms with E-state index in [0.717, 1.165) is 38.4 Å². The maximum Gasteiger partial charge on any atom is 0.211 e. The van der Waals surface area contributed by atoms with Gasteiger partial charge >= 0.3 is 0 Å². The second-order valence-electron chi connectivity index (χ2n) is 6.34. The van der Waals surface area contributed by atoms with E-state index in [9.17, 15) is 8.42 Å². The molecule has 9 heteroatoms. The molecule has 2 heterocycles. The summed E-state index contributed by atoms with van der Waals surface area (Å²) in [5.41, 5.74) is 0. The number of thioether (sulfide) groups is 1. The Morgan fingerprint density at radius 3 is 2.50 bits per heavy atom. The molecule has 0 aromatic heterocycles. The number of halogens is 1. The molecule has 0 aromatic rings. The molecule has 2 aliphatic rings. The summed E-state index contributed by atoms with van der Waals surface area (Å²) in [5, 5.41) is 7.45. The molecule has 0 aromatic carbocycles. The van der Waals surface area contributed by atoms with Crippen LogP contribution < -0.4 is 10.6 Å². The monoisotopic (exact) mass is 490 g/mol. The lowest BCUT2D eigenvalue weighted by molar-refractivity contribution is 0.280. The van der Waals surface area contributed by atoms with Crippen molar-refractivity contribution >= 4 is 51.7 Å². The molecular formula is C15H31IN4O2S2. The average molecular weight is 490 g/mol. The molecule has 0 saturated carbocycles. The van der Waals surface area contributed by atoms with E-state index in [0.29, 0.717) is 24.3 Å². The van der Waals surface area contributed by atoms with Crippen LogP contribution in [0.15, 0.2) is 4.99 Å². The predicted octanol–water partition coefficient (Wildman–Crippen LogP) is 1.73. The lowest BCUT2D eigenvalue weighted by Gasteiger charge is -2.29. The van der Waals surface area contributed by atoms with Crippen LogP contribution in [0.2, 0.25) is 0 Å². The molecule has 2 saturated heterocycles. The Morgan fingerprint density at radius 2 is 1.96 bits per heavy atom. The number of sulfonamides is 1. The van der Waals surface area contributed by atoms with Gasteiger partial charge in [0.15, 0.2) is 5.96 Å². The highest BCUT2D eigenvalue weighted by molar-refractivity contribution is 14.0. The van der Waals surface area contributed by atoms with Crippen LogP contribution >= 0.6 is 35.7 Å². The van der Waals surface area contributed by atoms with Crippen LogP contribution in [0, 0.1) is 5.92 Å². The normalized spacial score (nSPS) is 23.8. The number of hydrogen-bond donors (Lipinski definition) is 2. The molecule has 1 atom stereocenters. The van der Waals surface area contributed by atoms with Gasteiger partial charge in [-0.3, -0.25) is 4.99 Å². The number of nitrogens with one attached hydrogen (secondary N) is 2. The lowest BCUT2D eigenvalue weighted by Crippen LogP contribution is -2.41. The summed E-state index contributed by atoms with van der Waals surface area (Å²) in [6.07, 6.45) is 5.70. The fourth-order valence-electron chi connectivity index (χ4n) is 3.00. The van der Waals surface area contributed by atoms with Gasteiger partial charge in [-0.1, -0.05) is 0 Å². The number of piperidine rings is 1. The summed E-state index contributed by atoms with van der Waals surface area (Å²) in [5.74, 6) is 2.65. The minimum absolute atomic E-state index is 0. The molecule has 2 N–H and O–H groups in total.